The molecule has 0 aliphatic carbocycles. The van der Waals surface area contributed by atoms with Crippen molar-refractivity contribution in [2.45, 2.75) is 13.0 Å². The van der Waals surface area contributed by atoms with Gasteiger partial charge in [0.15, 0.2) is 11.5 Å². The van der Waals surface area contributed by atoms with Crippen LogP contribution in [0.3, 0.4) is 0 Å². The maximum atomic E-state index is 12.3. The first-order chi connectivity index (χ1) is 13.0. The van der Waals surface area contributed by atoms with E-state index in [9.17, 15) is 4.79 Å². The van der Waals surface area contributed by atoms with Gasteiger partial charge in [-0.1, -0.05) is 17.7 Å². The normalized spacial score (nSPS) is 13.7. The molecule has 0 unspecified atom stereocenters. The van der Waals surface area contributed by atoms with Crippen molar-refractivity contribution in [3.8, 4) is 11.5 Å². The van der Waals surface area contributed by atoms with Crippen LogP contribution in [0.2, 0.25) is 5.02 Å². The largest absolute Gasteiger partial charge is 0.493 e. The highest BCUT2D eigenvalue weighted by molar-refractivity contribution is 6.33. The van der Waals surface area contributed by atoms with Gasteiger partial charge in [-0.3, -0.25) is 9.69 Å². The predicted octanol–water partition coefficient (Wildman–Crippen LogP) is 2.73. The number of nitrogens with zero attached hydrogens (tertiary/aromatic N) is 1. The molecule has 1 aliphatic heterocycles. The van der Waals surface area contributed by atoms with Gasteiger partial charge in [-0.15, -0.1) is 0 Å². The Balaban J connectivity index is 1.57. The molecule has 27 heavy (non-hydrogen) atoms. The number of benzene rings is 2. The molecule has 0 fully saturated rings. The Morgan fingerprint density at radius 1 is 1.22 bits per heavy atom. The molecule has 0 radical (unpaired) electrons. The summed E-state index contributed by atoms with van der Waals surface area (Å²) in [4.78, 5) is 14.6. The lowest BCUT2D eigenvalue weighted by atomic mass is 9.99. The summed E-state index contributed by atoms with van der Waals surface area (Å²) in [5.74, 6) is 1.29. The number of anilines is 1. The van der Waals surface area contributed by atoms with E-state index in [4.69, 9.17) is 26.8 Å². The van der Waals surface area contributed by atoms with Crippen molar-refractivity contribution >= 4 is 23.2 Å². The van der Waals surface area contributed by atoms with Gasteiger partial charge in [0.2, 0.25) is 0 Å². The number of ether oxygens (including phenoxy) is 2. The summed E-state index contributed by atoms with van der Waals surface area (Å²) in [5.41, 5.74) is 9.10. The maximum Gasteiger partial charge on any atom is 0.253 e. The third-order valence-electron chi connectivity index (χ3n) is 4.81. The highest BCUT2D eigenvalue weighted by atomic mass is 35.5. The van der Waals surface area contributed by atoms with Crippen LogP contribution in [0.25, 0.3) is 0 Å². The Labute approximate surface area is 164 Å². The number of para-hydroxylation sites is 1. The van der Waals surface area contributed by atoms with Crippen LogP contribution in [0.4, 0.5) is 5.69 Å². The average Bonchev–Trinajstić information content (AvgIpc) is 2.68. The Morgan fingerprint density at radius 2 is 1.93 bits per heavy atom. The molecule has 0 bridgehead atoms. The number of fused-ring (bicyclic) bond motifs is 1. The van der Waals surface area contributed by atoms with Crippen LogP contribution in [0.1, 0.15) is 21.5 Å². The van der Waals surface area contributed by atoms with Crippen LogP contribution >= 0.6 is 11.6 Å². The number of halogens is 1. The molecule has 3 rings (SSSR count). The molecule has 0 saturated carbocycles. The molecule has 144 valence electrons. The molecule has 0 saturated heterocycles. The molecule has 0 aromatic heterocycles. The molecule has 3 N–H and O–H groups in total. The minimum atomic E-state index is -0.209. The van der Waals surface area contributed by atoms with Gasteiger partial charge in [0.05, 0.1) is 30.5 Å². The summed E-state index contributed by atoms with van der Waals surface area (Å²) in [6.07, 6.45) is 0.935. The number of methoxy groups -OCH3 is 2. The van der Waals surface area contributed by atoms with E-state index in [1.54, 1.807) is 32.4 Å². The van der Waals surface area contributed by atoms with E-state index in [0.29, 0.717) is 22.8 Å². The molecule has 1 aliphatic rings. The topological polar surface area (TPSA) is 76.8 Å². The van der Waals surface area contributed by atoms with Gasteiger partial charge >= 0.3 is 0 Å². The van der Waals surface area contributed by atoms with Crippen molar-refractivity contribution < 1.29 is 14.3 Å². The van der Waals surface area contributed by atoms with E-state index in [-0.39, 0.29) is 5.91 Å². The van der Waals surface area contributed by atoms with Crippen molar-refractivity contribution in [1.82, 2.24) is 10.2 Å². The van der Waals surface area contributed by atoms with Gasteiger partial charge in [-0.2, -0.15) is 0 Å². The zero-order valence-corrected chi connectivity index (χ0v) is 16.3. The highest BCUT2D eigenvalue weighted by Crippen LogP contribution is 2.33. The van der Waals surface area contributed by atoms with Crippen molar-refractivity contribution in [2.24, 2.45) is 0 Å². The van der Waals surface area contributed by atoms with E-state index in [1.807, 2.05) is 6.07 Å². The van der Waals surface area contributed by atoms with Gasteiger partial charge in [-0.05, 0) is 41.8 Å². The fraction of sp³-hybridized carbons (Fsp3) is 0.350. The first kappa shape index (κ1) is 19.3. The smallest absolute Gasteiger partial charge is 0.253 e. The molecule has 2 aromatic carbocycles. The number of nitrogens with one attached hydrogen (secondary N) is 1. The first-order valence-corrected chi connectivity index (χ1v) is 9.19. The average molecular weight is 390 g/mol. The van der Waals surface area contributed by atoms with Crippen molar-refractivity contribution in [3.05, 3.63) is 52.0 Å². The molecular formula is C20H24ClN3O3. The fourth-order valence-corrected chi connectivity index (χ4v) is 3.46. The summed E-state index contributed by atoms with van der Waals surface area (Å²) < 4.78 is 10.8. The number of hydrogen-bond donors (Lipinski definition) is 2. The molecule has 1 heterocycles. The second-order valence-electron chi connectivity index (χ2n) is 6.46. The summed E-state index contributed by atoms with van der Waals surface area (Å²) in [7, 11) is 3.29. The lowest BCUT2D eigenvalue weighted by molar-refractivity contribution is 0.0948. The standard InChI is InChI=1S/C20H24ClN3O3/c1-26-17-10-13-6-8-24(12-14(13)11-18(17)27-2)9-7-23-20(25)15-4-3-5-16(21)19(15)22/h3-5,10-11H,6-9,12,22H2,1-2H3,(H,23,25). The van der Waals surface area contributed by atoms with Crippen LogP contribution in [0.15, 0.2) is 30.3 Å². The minimum Gasteiger partial charge on any atom is -0.493 e. The molecule has 7 heteroatoms. The highest BCUT2D eigenvalue weighted by Gasteiger charge is 2.19. The lowest BCUT2D eigenvalue weighted by Gasteiger charge is -2.29. The zero-order chi connectivity index (χ0) is 19.4. The Morgan fingerprint density at radius 3 is 2.63 bits per heavy atom. The van der Waals surface area contributed by atoms with Crippen LogP contribution in [-0.2, 0) is 13.0 Å². The van der Waals surface area contributed by atoms with E-state index in [0.717, 1.165) is 37.6 Å². The zero-order valence-electron chi connectivity index (χ0n) is 15.5. The maximum absolute atomic E-state index is 12.3. The molecule has 1 amide bonds. The summed E-state index contributed by atoms with van der Waals surface area (Å²) >= 11 is 5.98. The number of carbonyl (C=O) groups is 1. The number of amides is 1. The minimum absolute atomic E-state index is 0.209. The van der Waals surface area contributed by atoms with Gasteiger partial charge in [0.25, 0.3) is 5.91 Å². The predicted molar refractivity (Wildman–Crippen MR) is 107 cm³/mol. The van der Waals surface area contributed by atoms with Crippen LogP contribution in [-0.4, -0.2) is 44.7 Å². The number of nitrogen functional groups attached to an aromatic ring is 1. The Bertz CT molecular complexity index is 841. The van der Waals surface area contributed by atoms with Crippen LogP contribution in [0, 0.1) is 0 Å². The SMILES string of the molecule is COc1cc2c(cc1OC)CN(CCNC(=O)c1cccc(Cl)c1N)CC2. The van der Waals surface area contributed by atoms with E-state index in [2.05, 4.69) is 16.3 Å². The first-order valence-electron chi connectivity index (χ1n) is 8.81. The molecule has 0 spiro atoms. The summed E-state index contributed by atoms with van der Waals surface area (Å²) in [5, 5.41) is 3.30. The van der Waals surface area contributed by atoms with Crippen molar-refractivity contribution in [3.63, 3.8) is 0 Å². The Hall–Kier alpha value is -2.44. The summed E-state index contributed by atoms with van der Waals surface area (Å²) in [6, 6.07) is 9.15. The van der Waals surface area contributed by atoms with Crippen molar-refractivity contribution in [2.75, 3.05) is 39.6 Å². The van der Waals surface area contributed by atoms with Gasteiger partial charge in [0, 0.05) is 26.2 Å². The van der Waals surface area contributed by atoms with Crippen LogP contribution < -0.4 is 20.5 Å². The second kappa shape index (κ2) is 8.50. The fourth-order valence-electron chi connectivity index (χ4n) is 3.29. The number of nitrogens with two attached hydrogens (primary N) is 1. The van der Waals surface area contributed by atoms with Gasteiger partial charge in [0.1, 0.15) is 0 Å². The van der Waals surface area contributed by atoms with E-state index < -0.39 is 0 Å². The van der Waals surface area contributed by atoms with E-state index in [1.165, 1.54) is 11.1 Å². The quantitative estimate of drug-likeness (QED) is 0.743. The number of carbonyl (C=O) groups excluding carboxylic acids is 1. The Kier molecular flexibility index (Phi) is 6.08. The third-order valence-corrected chi connectivity index (χ3v) is 5.14. The van der Waals surface area contributed by atoms with Gasteiger partial charge < -0.3 is 20.5 Å². The monoisotopic (exact) mass is 389 g/mol. The summed E-state index contributed by atoms with van der Waals surface area (Å²) in [6.45, 7) is 3.02. The number of rotatable bonds is 6. The third kappa shape index (κ3) is 4.28. The van der Waals surface area contributed by atoms with Gasteiger partial charge in [-0.25, -0.2) is 0 Å². The molecule has 6 nitrogen and oxygen atoms in total. The molecule has 2 aromatic rings. The van der Waals surface area contributed by atoms with Crippen LogP contribution in [0.5, 0.6) is 11.5 Å². The van der Waals surface area contributed by atoms with Crippen molar-refractivity contribution in [1.29, 1.82) is 0 Å². The molecule has 0 atom stereocenters. The van der Waals surface area contributed by atoms with E-state index >= 15 is 0 Å². The molecular weight excluding hydrogens is 366 g/mol. The second-order valence-corrected chi connectivity index (χ2v) is 6.87. The lowest BCUT2D eigenvalue weighted by Crippen LogP contribution is -2.38. The number of hydrogen-bond acceptors (Lipinski definition) is 5.